The van der Waals surface area contributed by atoms with Gasteiger partial charge >= 0.3 is 6.09 Å². The second-order valence-corrected chi connectivity index (χ2v) is 3.85. The Morgan fingerprint density at radius 2 is 2.19 bits per heavy atom. The molecule has 1 aromatic carbocycles. The Hall–Kier alpha value is -1.55. The molecule has 16 heavy (non-hydrogen) atoms. The summed E-state index contributed by atoms with van der Waals surface area (Å²) in [7, 11) is 0. The molecular weight excluding hydrogens is 206 g/mol. The van der Waals surface area contributed by atoms with E-state index in [1.807, 2.05) is 24.3 Å². The second-order valence-electron chi connectivity index (χ2n) is 3.85. The van der Waals surface area contributed by atoms with Gasteiger partial charge in [-0.05, 0) is 19.4 Å². The number of rotatable bonds is 2. The molecule has 1 unspecified atom stereocenters. The number of aliphatic hydroxyl groups is 1. The molecule has 4 heteroatoms. The van der Waals surface area contributed by atoms with Gasteiger partial charge in [0.25, 0.3) is 0 Å². The van der Waals surface area contributed by atoms with Gasteiger partial charge < -0.3 is 9.84 Å². The van der Waals surface area contributed by atoms with E-state index in [2.05, 4.69) is 0 Å². The molecule has 0 radical (unpaired) electrons. The smallest absolute Gasteiger partial charge is 0.414 e. The van der Waals surface area contributed by atoms with Crippen molar-refractivity contribution >= 4 is 11.8 Å². The standard InChI is InChI=1S/C12H15NO3/c1-9(14)10-5-2-3-6-11(10)13-7-4-8-16-12(13)15/h2-3,5-6,9,14H,4,7-8H2,1H3. The van der Waals surface area contributed by atoms with Gasteiger partial charge in [-0.25, -0.2) is 4.79 Å². The number of nitrogens with zero attached hydrogens (tertiary/aromatic N) is 1. The number of cyclic esters (lactones) is 1. The maximum atomic E-state index is 11.6. The molecule has 1 amide bonds. The minimum absolute atomic E-state index is 0.334. The van der Waals surface area contributed by atoms with E-state index in [1.165, 1.54) is 0 Å². The van der Waals surface area contributed by atoms with Gasteiger partial charge in [-0.1, -0.05) is 18.2 Å². The van der Waals surface area contributed by atoms with Gasteiger partial charge in [-0.15, -0.1) is 0 Å². The SMILES string of the molecule is CC(O)c1ccccc1N1CCCOC1=O. The summed E-state index contributed by atoms with van der Waals surface area (Å²) in [4.78, 5) is 13.2. The Morgan fingerprint density at radius 3 is 2.88 bits per heavy atom. The average molecular weight is 221 g/mol. The molecule has 86 valence electrons. The molecule has 1 aliphatic heterocycles. The summed E-state index contributed by atoms with van der Waals surface area (Å²) in [6, 6.07) is 7.35. The van der Waals surface area contributed by atoms with Crippen LogP contribution in [0.1, 0.15) is 25.0 Å². The van der Waals surface area contributed by atoms with Crippen molar-refractivity contribution in [2.45, 2.75) is 19.4 Å². The van der Waals surface area contributed by atoms with Crippen LogP contribution >= 0.6 is 0 Å². The lowest BCUT2D eigenvalue weighted by Gasteiger charge is -2.28. The normalized spacial score (nSPS) is 18.1. The monoisotopic (exact) mass is 221 g/mol. The highest BCUT2D eigenvalue weighted by Crippen LogP contribution is 2.27. The molecule has 0 spiro atoms. The molecule has 2 rings (SSSR count). The van der Waals surface area contributed by atoms with Crippen LogP contribution in [0, 0.1) is 0 Å². The van der Waals surface area contributed by atoms with Crippen LogP contribution in [0.25, 0.3) is 0 Å². The molecule has 0 aromatic heterocycles. The van der Waals surface area contributed by atoms with E-state index in [0.717, 1.165) is 17.7 Å². The molecule has 1 N–H and O–H groups in total. The summed E-state index contributed by atoms with van der Waals surface area (Å²) < 4.78 is 4.98. The quantitative estimate of drug-likeness (QED) is 0.831. The Kier molecular flexibility index (Phi) is 3.10. The van der Waals surface area contributed by atoms with Gasteiger partial charge in [0.1, 0.15) is 0 Å². The first-order valence-corrected chi connectivity index (χ1v) is 5.41. The topological polar surface area (TPSA) is 49.8 Å². The van der Waals surface area contributed by atoms with Crippen LogP contribution in [0.4, 0.5) is 10.5 Å². The van der Waals surface area contributed by atoms with Crippen LogP contribution in [-0.2, 0) is 4.74 Å². The second kappa shape index (κ2) is 4.53. The zero-order valence-corrected chi connectivity index (χ0v) is 9.22. The van der Waals surface area contributed by atoms with Gasteiger partial charge in [0.05, 0.1) is 18.4 Å². The van der Waals surface area contributed by atoms with Crippen LogP contribution in [0.15, 0.2) is 24.3 Å². The van der Waals surface area contributed by atoms with Crippen molar-refractivity contribution in [3.63, 3.8) is 0 Å². The minimum atomic E-state index is -0.592. The average Bonchev–Trinajstić information content (AvgIpc) is 2.29. The van der Waals surface area contributed by atoms with Crippen LogP contribution in [-0.4, -0.2) is 24.4 Å². The summed E-state index contributed by atoms with van der Waals surface area (Å²) in [5.41, 5.74) is 1.49. The van der Waals surface area contributed by atoms with Crippen molar-refractivity contribution in [3.05, 3.63) is 29.8 Å². The highest BCUT2D eigenvalue weighted by atomic mass is 16.6. The van der Waals surface area contributed by atoms with Crippen molar-refractivity contribution in [2.24, 2.45) is 0 Å². The van der Waals surface area contributed by atoms with Gasteiger partial charge in [0, 0.05) is 12.1 Å². The zero-order chi connectivity index (χ0) is 11.5. The molecule has 0 bridgehead atoms. The van der Waals surface area contributed by atoms with E-state index in [9.17, 15) is 9.90 Å². The van der Waals surface area contributed by atoms with Crippen molar-refractivity contribution in [1.29, 1.82) is 0 Å². The summed E-state index contributed by atoms with van der Waals surface area (Å²) in [6.45, 7) is 2.81. The van der Waals surface area contributed by atoms with Crippen molar-refractivity contribution < 1.29 is 14.6 Å². The Bertz CT molecular complexity index is 390. The van der Waals surface area contributed by atoms with Gasteiger partial charge in [0.15, 0.2) is 0 Å². The lowest BCUT2D eigenvalue weighted by Crippen LogP contribution is -2.38. The molecule has 1 atom stereocenters. The van der Waals surface area contributed by atoms with Crippen LogP contribution < -0.4 is 4.90 Å². The summed E-state index contributed by atoms with van der Waals surface area (Å²) >= 11 is 0. The molecule has 0 aliphatic carbocycles. The Labute approximate surface area is 94.4 Å². The third-order valence-corrected chi connectivity index (χ3v) is 2.65. The lowest BCUT2D eigenvalue weighted by atomic mass is 10.1. The van der Waals surface area contributed by atoms with Gasteiger partial charge in [-0.2, -0.15) is 0 Å². The number of hydrogen-bond acceptors (Lipinski definition) is 3. The predicted molar refractivity (Wildman–Crippen MR) is 60.4 cm³/mol. The fourth-order valence-electron chi connectivity index (χ4n) is 1.86. The van der Waals surface area contributed by atoms with Crippen LogP contribution in [0.5, 0.6) is 0 Å². The molecule has 1 aromatic rings. The predicted octanol–water partition coefficient (Wildman–Crippen LogP) is 2.09. The highest BCUT2D eigenvalue weighted by Gasteiger charge is 2.24. The fourth-order valence-corrected chi connectivity index (χ4v) is 1.86. The number of aliphatic hydroxyl groups excluding tert-OH is 1. The van der Waals surface area contributed by atoms with E-state index in [1.54, 1.807) is 11.8 Å². The van der Waals surface area contributed by atoms with Crippen LogP contribution in [0.2, 0.25) is 0 Å². The fraction of sp³-hybridized carbons (Fsp3) is 0.417. The minimum Gasteiger partial charge on any atom is -0.449 e. The number of benzene rings is 1. The van der Waals surface area contributed by atoms with E-state index >= 15 is 0 Å². The number of anilines is 1. The number of carbonyl (C=O) groups excluding carboxylic acids is 1. The molecule has 1 fully saturated rings. The van der Waals surface area contributed by atoms with E-state index in [4.69, 9.17) is 4.74 Å². The van der Waals surface area contributed by atoms with E-state index in [0.29, 0.717) is 13.2 Å². The number of carbonyl (C=O) groups is 1. The molecule has 4 nitrogen and oxygen atoms in total. The first-order valence-electron chi connectivity index (χ1n) is 5.41. The Balaban J connectivity index is 2.34. The third kappa shape index (κ3) is 2.02. The third-order valence-electron chi connectivity index (χ3n) is 2.65. The maximum absolute atomic E-state index is 11.6. The summed E-state index contributed by atoms with van der Waals surface area (Å²) in [5, 5.41) is 9.64. The molecular formula is C12H15NO3. The van der Waals surface area contributed by atoms with Gasteiger partial charge in [-0.3, -0.25) is 4.90 Å². The first-order chi connectivity index (χ1) is 7.70. The maximum Gasteiger partial charge on any atom is 0.414 e. The zero-order valence-electron chi connectivity index (χ0n) is 9.22. The molecule has 0 saturated carbocycles. The molecule has 1 heterocycles. The van der Waals surface area contributed by atoms with Crippen LogP contribution in [0.3, 0.4) is 0 Å². The van der Waals surface area contributed by atoms with Crippen molar-refractivity contribution in [2.75, 3.05) is 18.1 Å². The molecule has 1 saturated heterocycles. The number of para-hydroxylation sites is 1. The van der Waals surface area contributed by atoms with E-state index in [-0.39, 0.29) is 6.09 Å². The number of hydrogen-bond donors (Lipinski definition) is 1. The van der Waals surface area contributed by atoms with Crippen molar-refractivity contribution in [1.82, 2.24) is 0 Å². The molecule has 1 aliphatic rings. The van der Waals surface area contributed by atoms with Crippen molar-refractivity contribution in [3.8, 4) is 0 Å². The Morgan fingerprint density at radius 1 is 1.44 bits per heavy atom. The summed E-state index contributed by atoms with van der Waals surface area (Å²) in [5.74, 6) is 0. The van der Waals surface area contributed by atoms with E-state index < -0.39 is 6.10 Å². The first kappa shape index (κ1) is 11.0. The summed E-state index contributed by atoms with van der Waals surface area (Å²) in [6.07, 6.45) is -0.106. The number of amides is 1. The lowest BCUT2D eigenvalue weighted by molar-refractivity contribution is 0.139. The highest BCUT2D eigenvalue weighted by molar-refractivity contribution is 5.89. The van der Waals surface area contributed by atoms with Gasteiger partial charge in [0.2, 0.25) is 0 Å². The number of ether oxygens (including phenoxy) is 1. The largest absolute Gasteiger partial charge is 0.449 e.